The molecule has 0 saturated heterocycles. The van der Waals surface area contributed by atoms with Crippen molar-refractivity contribution in [3.63, 3.8) is 0 Å². The smallest absolute Gasteiger partial charge is 0.0205 e. The Hall–Kier alpha value is -0.900. The monoisotopic (exact) mass is 263 g/mol. The van der Waals surface area contributed by atoms with Gasteiger partial charge in [-0.25, -0.2) is 0 Å². The van der Waals surface area contributed by atoms with Crippen LogP contribution in [-0.4, -0.2) is 19.1 Å². The number of nitrogens with two attached hydrogens (primary N) is 2. The number of nitrogens with one attached hydrogen (secondary N) is 1. The van der Waals surface area contributed by atoms with Crippen LogP contribution >= 0.6 is 0 Å². The van der Waals surface area contributed by atoms with Crippen molar-refractivity contribution in [3.05, 3.63) is 35.9 Å². The first kappa shape index (κ1) is 16.2. The maximum atomic E-state index is 6.09. The molecule has 0 aromatic heterocycles. The number of benzene rings is 1. The van der Waals surface area contributed by atoms with Crippen LogP contribution in [0.3, 0.4) is 0 Å². The molecule has 108 valence electrons. The Bertz CT molecular complexity index is 300. The van der Waals surface area contributed by atoms with Gasteiger partial charge in [0.2, 0.25) is 0 Å². The van der Waals surface area contributed by atoms with Crippen molar-refractivity contribution in [2.75, 3.05) is 13.1 Å². The van der Waals surface area contributed by atoms with Crippen LogP contribution in [0.25, 0.3) is 0 Å². The number of hydrogen-bond acceptors (Lipinski definition) is 3. The van der Waals surface area contributed by atoms with Gasteiger partial charge in [-0.3, -0.25) is 0 Å². The lowest BCUT2D eigenvalue weighted by Crippen LogP contribution is -2.22. The molecule has 0 aliphatic carbocycles. The van der Waals surface area contributed by atoms with Crippen molar-refractivity contribution >= 4 is 0 Å². The Morgan fingerprint density at radius 2 is 1.68 bits per heavy atom. The van der Waals surface area contributed by atoms with Crippen molar-refractivity contribution in [2.24, 2.45) is 11.5 Å². The average molecular weight is 263 g/mol. The number of hydrogen-bond donors (Lipinski definition) is 3. The molecule has 0 amide bonds. The van der Waals surface area contributed by atoms with E-state index >= 15 is 0 Å². The second-order valence-electron chi connectivity index (χ2n) is 5.20. The van der Waals surface area contributed by atoms with Gasteiger partial charge in [-0.05, 0) is 44.3 Å². The van der Waals surface area contributed by atoms with E-state index in [9.17, 15) is 0 Å². The summed E-state index contributed by atoms with van der Waals surface area (Å²) in [6.07, 6.45) is 6.98. The minimum atomic E-state index is 0.358. The van der Waals surface area contributed by atoms with Crippen molar-refractivity contribution in [1.82, 2.24) is 5.32 Å². The maximum absolute atomic E-state index is 6.09. The van der Waals surface area contributed by atoms with Crippen LogP contribution in [0.2, 0.25) is 0 Å². The molecule has 19 heavy (non-hydrogen) atoms. The molecule has 1 rings (SSSR count). The molecule has 0 fully saturated rings. The van der Waals surface area contributed by atoms with Gasteiger partial charge in [0.1, 0.15) is 0 Å². The fourth-order valence-corrected chi connectivity index (χ4v) is 2.19. The highest BCUT2D eigenvalue weighted by molar-refractivity contribution is 5.14. The van der Waals surface area contributed by atoms with Gasteiger partial charge >= 0.3 is 0 Å². The standard InChI is InChI=1S/C16H29N3/c17-12-6-2-5-10-16(18)11-7-13-19-14-15-8-3-1-4-9-15/h1,3-4,8-9,16,19H,2,5-7,10-14,17-18H2. The van der Waals surface area contributed by atoms with E-state index in [0.717, 1.165) is 45.3 Å². The van der Waals surface area contributed by atoms with Crippen LogP contribution in [0.5, 0.6) is 0 Å². The molecule has 1 unspecified atom stereocenters. The third-order valence-corrected chi connectivity index (χ3v) is 3.38. The van der Waals surface area contributed by atoms with E-state index in [1.165, 1.54) is 18.4 Å². The summed E-state index contributed by atoms with van der Waals surface area (Å²) >= 11 is 0. The van der Waals surface area contributed by atoms with Crippen molar-refractivity contribution < 1.29 is 0 Å². The van der Waals surface area contributed by atoms with Crippen LogP contribution in [0, 0.1) is 0 Å². The number of unbranched alkanes of at least 4 members (excludes halogenated alkanes) is 2. The molecule has 0 heterocycles. The lowest BCUT2D eigenvalue weighted by molar-refractivity contribution is 0.497. The van der Waals surface area contributed by atoms with Gasteiger partial charge in [0.05, 0.1) is 0 Å². The van der Waals surface area contributed by atoms with E-state index in [1.807, 2.05) is 6.07 Å². The molecule has 0 radical (unpaired) electrons. The van der Waals surface area contributed by atoms with Gasteiger partial charge in [-0.15, -0.1) is 0 Å². The minimum absolute atomic E-state index is 0.358. The molecular weight excluding hydrogens is 234 g/mol. The van der Waals surface area contributed by atoms with Crippen LogP contribution in [0.1, 0.15) is 44.1 Å². The van der Waals surface area contributed by atoms with Crippen LogP contribution in [0.4, 0.5) is 0 Å². The molecule has 0 bridgehead atoms. The van der Waals surface area contributed by atoms with Gasteiger partial charge in [0.25, 0.3) is 0 Å². The molecule has 1 aromatic rings. The molecule has 0 saturated carbocycles. The highest BCUT2D eigenvalue weighted by atomic mass is 14.8. The zero-order chi connectivity index (χ0) is 13.8. The highest BCUT2D eigenvalue weighted by Gasteiger charge is 2.01. The van der Waals surface area contributed by atoms with Gasteiger partial charge in [-0.2, -0.15) is 0 Å². The molecule has 3 heteroatoms. The molecule has 1 aromatic carbocycles. The van der Waals surface area contributed by atoms with E-state index in [0.29, 0.717) is 6.04 Å². The Kier molecular flexibility index (Phi) is 9.33. The lowest BCUT2D eigenvalue weighted by Gasteiger charge is -2.11. The minimum Gasteiger partial charge on any atom is -0.330 e. The quantitative estimate of drug-likeness (QED) is 0.537. The molecule has 3 nitrogen and oxygen atoms in total. The van der Waals surface area contributed by atoms with Crippen molar-refractivity contribution in [3.8, 4) is 0 Å². The van der Waals surface area contributed by atoms with E-state index in [-0.39, 0.29) is 0 Å². The molecule has 0 aliphatic heterocycles. The molecule has 1 atom stereocenters. The van der Waals surface area contributed by atoms with Gasteiger partial charge in [0.15, 0.2) is 0 Å². The first-order chi connectivity index (χ1) is 9.33. The summed E-state index contributed by atoms with van der Waals surface area (Å²) in [7, 11) is 0. The fraction of sp³-hybridized carbons (Fsp3) is 0.625. The summed E-state index contributed by atoms with van der Waals surface area (Å²) in [6, 6.07) is 10.9. The first-order valence-corrected chi connectivity index (χ1v) is 7.53. The Labute approximate surface area is 117 Å². The summed E-state index contributed by atoms with van der Waals surface area (Å²) in [5, 5.41) is 3.46. The van der Waals surface area contributed by atoms with Crippen molar-refractivity contribution in [1.29, 1.82) is 0 Å². The SMILES string of the molecule is NCCCCCC(N)CCCNCc1ccccc1. The van der Waals surface area contributed by atoms with E-state index in [2.05, 4.69) is 29.6 Å². The third-order valence-electron chi connectivity index (χ3n) is 3.38. The second kappa shape index (κ2) is 11.0. The van der Waals surface area contributed by atoms with E-state index < -0.39 is 0 Å². The van der Waals surface area contributed by atoms with Crippen LogP contribution in [-0.2, 0) is 6.54 Å². The number of rotatable bonds is 11. The topological polar surface area (TPSA) is 64.1 Å². The molecule has 0 aliphatic rings. The van der Waals surface area contributed by atoms with Crippen molar-refractivity contribution in [2.45, 2.75) is 51.1 Å². The summed E-state index contributed by atoms with van der Waals surface area (Å²) in [5.74, 6) is 0. The largest absolute Gasteiger partial charge is 0.330 e. The predicted molar refractivity (Wildman–Crippen MR) is 82.9 cm³/mol. The Morgan fingerprint density at radius 1 is 0.947 bits per heavy atom. The Morgan fingerprint density at radius 3 is 2.42 bits per heavy atom. The average Bonchev–Trinajstić information content (AvgIpc) is 2.44. The van der Waals surface area contributed by atoms with Crippen LogP contribution in [0.15, 0.2) is 30.3 Å². The summed E-state index contributed by atoms with van der Waals surface area (Å²) in [5.41, 5.74) is 12.9. The van der Waals surface area contributed by atoms with Gasteiger partial charge in [0, 0.05) is 12.6 Å². The molecule has 5 N–H and O–H groups in total. The zero-order valence-corrected chi connectivity index (χ0v) is 12.0. The molecular formula is C16H29N3. The Balaban J connectivity index is 1.92. The third kappa shape index (κ3) is 8.76. The van der Waals surface area contributed by atoms with E-state index in [4.69, 9.17) is 11.5 Å². The van der Waals surface area contributed by atoms with Gasteiger partial charge in [-0.1, -0.05) is 43.2 Å². The first-order valence-electron chi connectivity index (χ1n) is 7.53. The summed E-state index contributed by atoms with van der Waals surface area (Å²) in [4.78, 5) is 0. The van der Waals surface area contributed by atoms with E-state index in [1.54, 1.807) is 0 Å². The lowest BCUT2D eigenvalue weighted by atomic mass is 10.0. The summed E-state index contributed by atoms with van der Waals surface area (Å²) < 4.78 is 0. The summed E-state index contributed by atoms with van der Waals surface area (Å²) in [6.45, 7) is 2.80. The second-order valence-corrected chi connectivity index (χ2v) is 5.20. The highest BCUT2D eigenvalue weighted by Crippen LogP contribution is 2.06. The van der Waals surface area contributed by atoms with Crippen LogP contribution < -0.4 is 16.8 Å². The maximum Gasteiger partial charge on any atom is 0.0205 e. The zero-order valence-electron chi connectivity index (χ0n) is 12.0. The normalized spacial score (nSPS) is 12.5. The molecule has 0 spiro atoms. The fourth-order valence-electron chi connectivity index (χ4n) is 2.19. The predicted octanol–water partition coefficient (Wildman–Crippen LogP) is 2.40. The van der Waals surface area contributed by atoms with Gasteiger partial charge < -0.3 is 16.8 Å².